The van der Waals surface area contributed by atoms with Crippen LogP contribution in [0, 0.1) is 6.92 Å². The molecule has 24 heavy (non-hydrogen) atoms. The maximum Gasteiger partial charge on any atom is 0.416 e. The molecule has 1 aromatic carbocycles. The van der Waals surface area contributed by atoms with Gasteiger partial charge in [0, 0.05) is 38.8 Å². The molecule has 0 aliphatic carbocycles. The molecule has 1 aromatic heterocycles. The number of halogens is 3. The number of benzene rings is 1. The summed E-state index contributed by atoms with van der Waals surface area (Å²) in [5.41, 5.74) is -0.0112. The molecular weight excluding hydrogens is 321 g/mol. The van der Waals surface area contributed by atoms with E-state index in [9.17, 15) is 13.2 Å². The van der Waals surface area contributed by atoms with E-state index in [1.54, 1.807) is 13.0 Å². The van der Waals surface area contributed by atoms with Gasteiger partial charge in [0.25, 0.3) is 0 Å². The van der Waals surface area contributed by atoms with Crippen molar-refractivity contribution in [2.75, 3.05) is 31.1 Å². The number of piperazine rings is 1. The van der Waals surface area contributed by atoms with Gasteiger partial charge in [-0.2, -0.15) is 13.2 Å². The maximum atomic E-state index is 12.8. The van der Waals surface area contributed by atoms with E-state index in [0.29, 0.717) is 30.6 Å². The van der Waals surface area contributed by atoms with E-state index in [2.05, 4.69) is 15.1 Å². The van der Waals surface area contributed by atoms with Crippen LogP contribution in [0.3, 0.4) is 0 Å². The van der Waals surface area contributed by atoms with Crippen LogP contribution in [0.25, 0.3) is 0 Å². The molecule has 1 aliphatic heterocycles. The van der Waals surface area contributed by atoms with Crippen LogP contribution in [0.2, 0.25) is 0 Å². The number of rotatable bonds is 3. The second kappa shape index (κ2) is 6.43. The van der Waals surface area contributed by atoms with E-state index in [1.165, 1.54) is 12.1 Å². The molecular formula is C16H19F3N4O. The van der Waals surface area contributed by atoms with E-state index >= 15 is 0 Å². The molecule has 1 atom stereocenters. The lowest BCUT2D eigenvalue weighted by molar-refractivity contribution is -0.137. The summed E-state index contributed by atoms with van der Waals surface area (Å²) in [5, 5.41) is 7.88. The Morgan fingerprint density at radius 3 is 2.42 bits per heavy atom. The van der Waals surface area contributed by atoms with Crippen molar-refractivity contribution in [1.82, 2.24) is 15.1 Å². The third-order valence-corrected chi connectivity index (χ3v) is 4.30. The van der Waals surface area contributed by atoms with Gasteiger partial charge in [-0.3, -0.25) is 4.90 Å². The Bertz CT molecular complexity index is 693. The maximum absolute atomic E-state index is 12.8. The monoisotopic (exact) mass is 340 g/mol. The zero-order valence-electron chi connectivity index (χ0n) is 13.5. The van der Waals surface area contributed by atoms with Crippen LogP contribution in [0.15, 0.2) is 28.7 Å². The van der Waals surface area contributed by atoms with Crippen molar-refractivity contribution in [2.45, 2.75) is 26.1 Å². The molecule has 0 amide bonds. The average molecular weight is 340 g/mol. The molecule has 0 bridgehead atoms. The predicted octanol–water partition coefficient (Wildman–Crippen LogP) is 3.28. The Labute approximate surface area is 138 Å². The molecule has 130 valence electrons. The largest absolute Gasteiger partial charge is 0.424 e. The van der Waals surface area contributed by atoms with Crippen LogP contribution in [0.5, 0.6) is 0 Å². The third-order valence-electron chi connectivity index (χ3n) is 4.30. The van der Waals surface area contributed by atoms with Gasteiger partial charge < -0.3 is 9.32 Å². The standard InChI is InChI=1S/C16H19F3N4O/c1-11(15-21-20-12(2)24-15)22-6-8-23(9-7-22)14-5-3-4-13(10-14)16(17,18)19/h3-5,10-11H,6-9H2,1-2H3. The molecule has 0 N–H and O–H groups in total. The lowest BCUT2D eigenvalue weighted by Gasteiger charge is -2.38. The molecule has 0 saturated carbocycles. The highest BCUT2D eigenvalue weighted by molar-refractivity contribution is 5.49. The van der Waals surface area contributed by atoms with Crippen LogP contribution in [-0.2, 0) is 6.18 Å². The Kier molecular flexibility index (Phi) is 4.49. The lowest BCUT2D eigenvalue weighted by Crippen LogP contribution is -2.47. The normalized spacial score (nSPS) is 18.0. The zero-order chi connectivity index (χ0) is 17.3. The van der Waals surface area contributed by atoms with Crippen LogP contribution >= 0.6 is 0 Å². The molecule has 0 radical (unpaired) electrons. The quantitative estimate of drug-likeness (QED) is 0.858. The predicted molar refractivity (Wildman–Crippen MR) is 82.7 cm³/mol. The topological polar surface area (TPSA) is 45.4 Å². The number of nitrogens with zero attached hydrogens (tertiary/aromatic N) is 4. The lowest BCUT2D eigenvalue weighted by atomic mass is 10.1. The summed E-state index contributed by atoms with van der Waals surface area (Å²) in [7, 11) is 0. The Balaban J connectivity index is 1.65. The number of alkyl halides is 3. The molecule has 0 spiro atoms. The van der Waals surface area contributed by atoms with Gasteiger partial charge in [-0.25, -0.2) is 0 Å². The van der Waals surface area contributed by atoms with Crippen molar-refractivity contribution in [2.24, 2.45) is 0 Å². The first-order valence-electron chi connectivity index (χ1n) is 7.81. The summed E-state index contributed by atoms with van der Waals surface area (Å²) in [6.45, 7) is 6.48. The van der Waals surface area contributed by atoms with Crippen molar-refractivity contribution in [3.05, 3.63) is 41.6 Å². The summed E-state index contributed by atoms with van der Waals surface area (Å²) in [6, 6.07) is 5.47. The van der Waals surface area contributed by atoms with Crippen molar-refractivity contribution < 1.29 is 17.6 Å². The second-order valence-corrected chi connectivity index (χ2v) is 5.91. The van der Waals surface area contributed by atoms with Crippen LogP contribution in [0.4, 0.5) is 18.9 Å². The van der Waals surface area contributed by atoms with Crippen LogP contribution in [0.1, 0.15) is 30.3 Å². The van der Waals surface area contributed by atoms with Crippen molar-refractivity contribution in [1.29, 1.82) is 0 Å². The van der Waals surface area contributed by atoms with Crippen molar-refractivity contribution in [3.8, 4) is 0 Å². The number of aryl methyl sites for hydroxylation is 1. The first kappa shape index (κ1) is 16.8. The number of aromatic nitrogens is 2. The van der Waals surface area contributed by atoms with Crippen molar-refractivity contribution in [3.63, 3.8) is 0 Å². The minimum Gasteiger partial charge on any atom is -0.424 e. The number of hydrogen-bond acceptors (Lipinski definition) is 5. The van der Waals surface area contributed by atoms with Gasteiger partial charge in [0.1, 0.15) is 0 Å². The fourth-order valence-electron chi connectivity index (χ4n) is 2.88. The zero-order valence-corrected chi connectivity index (χ0v) is 13.5. The Hall–Kier alpha value is -2.09. The molecule has 8 heteroatoms. The first-order valence-corrected chi connectivity index (χ1v) is 7.81. The number of anilines is 1. The number of hydrogen-bond donors (Lipinski definition) is 0. The molecule has 2 aromatic rings. The summed E-state index contributed by atoms with van der Waals surface area (Å²) in [4.78, 5) is 4.16. The highest BCUT2D eigenvalue weighted by Gasteiger charge is 2.31. The molecule has 3 rings (SSSR count). The summed E-state index contributed by atoms with van der Waals surface area (Å²) in [6.07, 6.45) is -4.32. The summed E-state index contributed by atoms with van der Waals surface area (Å²) < 4.78 is 44.0. The van der Waals surface area contributed by atoms with Gasteiger partial charge in [0.05, 0.1) is 11.6 Å². The van der Waals surface area contributed by atoms with E-state index in [-0.39, 0.29) is 6.04 Å². The van der Waals surface area contributed by atoms with Crippen LogP contribution < -0.4 is 4.90 Å². The Morgan fingerprint density at radius 2 is 1.83 bits per heavy atom. The minimum absolute atomic E-state index is 0.00476. The molecule has 1 fully saturated rings. The van der Waals surface area contributed by atoms with Gasteiger partial charge in [-0.05, 0) is 25.1 Å². The van der Waals surface area contributed by atoms with Gasteiger partial charge >= 0.3 is 6.18 Å². The van der Waals surface area contributed by atoms with E-state index in [0.717, 1.165) is 19.2 Å². The van der Waals surface area contributed by atoms with Crippen molar-refractivity contribution >= 4 is 5.69 Å². The highest BCUT2D eigenvalue weighted by atomic mass is 19.4. The van der Waals surface area contributed by atoms with E-state index < -0.39 is 11.7 Å². The Morgan fingerprint density at radius 1 is 1.12 bits per heavy atom. The fourth-order valence-corrected chi connectivity index (χ4v) is 2.88. The SMILES string of the molecule is Cc1nnc(C(C)N2CCN(c3cccc(C(F)(F)F)c3)CC2)o1. The van der Waals surface area contributed by atoms with E-state index in [1.807, 2.05) is 11.8 Å². The fraction of sp³-hybridized carbons (Fsp3) is 0.500. The molecule has 1 saturated heterocycles. The smallest absolute Gasteiger partial charge is 0.416 e. The summed E-state index contributed by atoms with van der Waals surface area (Å²) in [5.74, 6) is 1.10. The molecule has 1 unspecified atom stereocenters. The highest BCUT2D eigenvalue weighted by Crippen LogP contribution is 2.32. The first-order chi connectivity index (χ1) is 11.3. The minimum atomic E-state index is -4.32. The van der Waals surface area contributed by atoms with E-state index in [4.69, 9.17) is 4.42 Å². The summed E-state index contributed by atoms with van der Waals surface area (Å²) >= 11 is 0. The molecule has 1 aliphatic rings. The average Bonchev–Trinajstić information content (AvgIpc) is 3.00. The third kappa shape index (κ3) is 3.53. The van der Waals surface area contributed by atoms with Crippen LogP contribution in [-0.4, -0.2) is 41.3 Å². The molecule has 2 heterocycles. The van der Waals surface area contributed by atoms with Gasteiger partial charge in [-0.1, -0.05) is 6.07 Å². The van der Waals surface area contributed by atoms with Gasteiger partial charge in [-0.15, -0.1) is 10.2 Å². The second-order valence-electron chi connectivity index (χ2n) is 5.91. The van der Waals surface area contributed by atoms with Gasteiger partial charge in [0.15, 0.2) is 0 Å². The van der Waals surface area contributed by atoms with Gasteiger partial charge in [0.2, 0.25) is 11.8 Å². The molecule has 5 nitrogen and oxygen atoms in total.